The summed E-state index contributed by atoms with van der Waals surface area (Å²) in [5.74, 6) is -0.339. The van der Waals surface area contributed by atoms with Crippen molar-refractivity contribution in [3.63, 3.8) is 0 Å². The predicted molar refractivity (Wildman–Crippen MR) is 91.0 cm³/mol. The van der Waals surface area contributed by atoms with Crippen LogP contribution in [0.5, 0.6) is 0 Å². The van der Waals surface area contributed by atoms with Crippen LogP contribution in [0.3, 0.4) is 0 Å². The molecular formula is C19H18ClNO2. The number of hydrogen-bond acceptors (Lipinski definition) is 2. The first-order chi connectivity index (χ1) is 11.1. The standard InChI is InChI=1S/C19H18ClNO2/c20-14-11-9-13(10-12-14)18(22)16-7-3-4-8-17(16)19(23)21-15-5-1-2-6-15/h3-4,7-12,15H,1-2,5-6H2,(H,21,23). The summed E-state index contributed by atoms with van der Waals surface area (Å²) in [5.41, 5.74) is 1.38. The molecule has 0 aromatic heterocycles. The SMILES string of the molecule is O=C(NC1CCCC1)c1ccccc1C(=O)c1ccc(Cl)cc1. The van der Waals surface area contributed by atoms with Gasteiger partial charge in [-0.25, -0.2) is 0 Å². The highest BCUT2D eigenvalue weighted by atomic mass is 35.5. The molecule has 23 heavy (non-hydrogen) atoms. The number of nitrogens with one attached hydrogen (secondary N) is 1. The quantitative estimate of drug-likeness (QED) is 0.854. The van der Waals surface area contributed by atoms with Gasteiger partial charge < -0.3 is 5.32 Å². The van der Waals surface area contributed by atoms with E-state index in [0.29, 0.717) is 21.7 Å². The van der Waals surface area contributed by atoms with Gasteiger partial charge in [0, 0.05) is 22.2 Å². The zero-order valence-electron chi connectivity index (χ0n) is 12.7. The van der Waals surface area contributed by atoms with E-state index in [9.17, 15) is 9.59 Å². The van der Waals surface area contributed by atoms with Crippen LogP contribution in [0.25, 0.3) is 0 Å². The third-order valence-electron chi connectivity index (χ3n) is 4.21. The summed E-state index contributed by atoms with van der Waals surface area (Å²) in [6.45, 7) is 0. The van der Waals surface area contributed by atoms with E-state index >= 15 is 0 Å². The number of amides is 1. The van der Waals surface area contributed by atoms with E-state index in [2.05, 4.69) is 5.32 Å². The largest absolute Gasteiger partial charge is 0.349 e. The molecule has 1 aliphatic rings. The number of carbonyl (C=O) groups excluding carboxylic acids is 2. The highest BCUT2D eigenvalue weighted by Crippen LogP contribution is 2.20. The second-order valence-electron chi connectivity index (χ2n) is 5.84. The minimum atomic E-state index is -0.171. The molecule has 0 radical (unpaired) electrons. The monoisotopic (exact) mass is 327 g/mol. The van der Waals surface area contributed by atoms with Crippen molar-refractivity contribution in [2.75, 3.05) is 0 Å². The van der Waals surface area contributed by atoms with Crippen molar-refractivity contribution < 1.29 is 9.59 Å². The first kappa shape index (κ1) is 15.8. The van der Waals surface area contributed by atoms with Crippen LogP contribution in [0.2, 0.25) is 5.02 Å². The maximum atomic E-state index is 12.7. The molecule has 1 fully saturated rings. The van der Waals surface area contributed by atoms with Crippen molar-refractivity contribution in [3.8, 4) is 0 Å². The van der Waals surface area contributed by atoms with Crippen LogP contribution in [-0.2, 0) is 0 Å². The van der Waals surface area contributed by atoms with Gasteiger partial charge in [0.15, 0.2) is 5.78 Å². The summed E-state index contributed by atoms with van der Waals surface area (Å²) in [6, 6.07) is 13.9. The Morgan fingerprint density at radius 1 is 0.913 bits per heavy atom. The summed E-state index contributed by atoms with van der Waals surface area (Å²) in [5, 5.41) is 3.62. The van der Waals surface area contributed by atoms with Crippen molar-refractivity contribution in [1.29, 1.82) is 0 Å². The van der Waals surface area contributed by atoms with Crippen molar-refractivity contribution in [2.45, 2.75) is 31.7 Å². The molecule has 0 bridgehead atoms. The zero-order chi connectivity index (χ0) is 16.2. The summed E-state index contributed by atoms with van der Waals surface area (Å²) in [4.78, 5) is 25.2. The average molecular weight is 328 g/mol. The highest BCUT2D eigenvalue weighted by Gasteiger charge is 2.22. The van der Waals surface area contributed by atoms with E-state index in [1.807, 2.05) is 0 Å². The van der Waals surface area contributed by atoms with Crippen molar-refractivity contribution in [3.05, 3.63) is 70.2 Å². The van der Waals surface area contributed by atoms with E-state index < -0.39 is 0 Å². The van der Waals surface area contributed by atoms with Gasteiger partial charge in [-0.15, -0.1) is 0 Å². The Kier molecular flexibility index (Phi) is 4.77. The molecule has 0 heterocycles. The predicted octanol–water partition coefficient (Wildman–Crippen LogP) is 4.24. The number of benzene rings is 2. The van der Waals surface area contributed by atoms with E-state index in [1.54, 1.807) is 48.5 Å². The lowest BCUT2D eigenvalue weighted by atomic mass is 9.97. The zero-order valence-corrected chi connectivity index (χ0v) is 13.5. The van der Waals surface area contributed by atoms with Gasteiger partial charge >= 0.3 is 0 Å². The van der Waals surface area contributed by atoms with E-state index in [0.717, 1.165) is 25.7 Å². The lowest BCUT2D eigenvalue weighted by Gasteiger charge is -2.14. The van der Waals surface area contributed by atoms with Crippen LogP contribution in [0.1, 0.15) is 52.0 Å². The Morgan fingerprint density at radius 2 is 1.52 bits per heavy atom. The summed E-state index contributed by atoms with van der Waals surface area (Å²) in [6.07, 6.45) is 4.32. The molecule has 1 saturated carbocycles. The van der Waals surface area contributed by atoms with E-state index in [1.165, 1.54) is 0 Å². The van der Waals surface area contributed by atoms with Crippen molar-refractivity contribution in [2.24, 2.45) is 0 Å². The molecular weight excluding hydrogens is 310 g/mol. The Hall–Kier alpha value is -2.13. The van der Waals surface area contributed by atoms with Crippen LogP contribution in [0.15, 0.2) is 48.5 Å². The Bertz CT molecular complexity index is 718. The molecule has 0 spiro atoms. The number of ketones is 1. The van der Waals surface area contributed by atoms with Gasteiger partial charge in [-0.2, -0.15) is 0 Å². The molecule has 1 aliphatic carbocycles. The van der Waals surface area contributed by atoms with Gasteiger partial charge in [0.05, 0.1) is 5.56 Å². The van der Waals surface area contributed by atoms with Crippen LogP contribution < -0.4 is 5.32 Å². The third kappa shape index (κ3) is 3.62. The number of hydrogen-bond donors (Lipinski definition) is 1. The van der Waals surface area contributed by atoms with Gasteiger partial charge in [0.25, 0.3) is 5.91 Å². The molecule has 0 unspecified atom stereocenters. The van der Waals surface area contributed by atoms with Gasteiger partial charge in [-0.05, 0) is 43.2 Å². The topological polar surface area (TPSA) is 46.2 Å². The summed E-state index contributed by atoms with van der Waals surface area (Å²) in [7, 11) is 0. The van der Waals surface area contributed by atoms with E-state index in [4.69, 9.17) is 11.6 Å². The molecule has 3 nitrogen and oxygen atoms in total. The molecule has 1 amide bonds. The number of rotatable bonds is 4. The van der Waals surface area contributed by atoms with Crippen LogP contribution in [0, 0.1) is 0 Å². The maximum absolute atomic E-state index is 12.7. The normalized spacial score (nSPS) is 14.7. The maximum Gasteiger partial charge on any atom is 0.252 e. The Labute approximate surface area is 140 Å². The molecule has 1 N–H and O–H groups in total. The first-order valence-electron chi connectivity index (χ1n) is 7.85. The average Bonchev–Trinajstić information content (AvgIpc) is 3.08. The molecule has 0 atom stereocenters. The lowest BCUT2D eigenvalue weighted by molar-refractivity contribution is 0.0927. The fourth-order valence-electron chi connectivity index (χ4n) is 2.97. The van der Waals surface area contributed by atoms with Crippen molar-refractivity contribution in [1.82, 2.24) is 5.32 Å². The van der Waals surface area contributed by atoms with Gasteiger partial charge in [0.1, 0.15) is 0 Å². The lowest BCUT2D eigenvalue weighted by Crippen LogP contribution is -2.33. The molecule has 118 valence electrons. The minimum absolute atomic E-state index is 0.168. The Morgan fingerprint density at radius 3 is 2.17 bits per heavy atom. The second kappa shape index (κ2) is 6.97. The first-order valence-corrected chi connectivity index (χ1v) is 8.23. The molecule has 2 aromatic rings. The second-order valence-corrected chi connectivity index (χ2v) is 6.27. The third-order valence-corrected chi connectivity index (χ3v) is 4.47. The molecule has 2 aromatic carbocycles. The fourth-order valence-corrected chi connectivity index (χ4v) is 3.10. The van der Waals surface area contributed by atoms with Crippen LogP contribution >= 0.6 is 11.6 Å². The smallest absolute Gasteiger partial charge is 0.252 e. The van der Waals surface area contributed by atoms with Crippen LogP contribution in [0.4, 0.5) is 0 Å². The molecule has 3 rings (SSSR count). The van der Waals surface area contributed by atoms with E-state index in [-0.39, 0.29) is 17.7 Å². The minimum Gasteiger partial charge on any atom is -0.349 e. The summed E-state index contributed by atoms with van der Waals surface area (Å²) >= 11 is 5.86. The number of carbonyl (C=O) groups is 2. The van der Waals surface area contributed by atoms with Crippen molar-refractivity contribution >= 4 is 23.3 Å². The molecule has 0 aliphatic heterocycles. The summed E-state index contributed by atoms with van der Waals surface area (Å²) < 4.78 is 0. The highest BCUT2D eigenvalue weighted by molar-refractivity contribution is 6.30. The molecule has 0 saturated heterocycles. The van der Waals surface area contributed by atoms with Crippen LogP contribution in [-0.4, -0.2) is 17.7 Å². The molecule has 4 heteroatoms. The van der Waals surface area contributed by atoms with Gasteiger partial charge in [-0.1, -0.05) is 42.6 Å². The number of halogens is 1. The van der Waals surface area contributed by atoms with Gasteiger partial charge in [0.2, 0.25) is 0 Å². The fraction of sp³-hybridized carbons (Fsp3) is 0.263. The Balaban J connectivity index is 1.86. The van der Waals surface area contributed by atoms with Gasteiger partial charge in [-0.3, -0.25) is 9.59 Å².